The molecule has 2 N–H and O–H groups in total. The Morgan fingerprint density at radius 3 is 2.82 bits per heavy atom. The van der Waals surface area contributed by atoms with Gasteiger partial charge in [-0.3, -0.25) is 9.78 Å². The van der Waals surface area contributed by atoms with Crippen molar-refractivity contribution in [3.05, 3.63) is 30.1 Å². The molecule has 4 nitrogen and oxygen atoms in total. The molecule has 2 aliphatic heterocycles. The van der Waals surface area contributed by atoms with Gasteiger partial charge in [-0.2, -0.15) is 0 Å². The van der Waals surface area contributed by atoms with E-state index in [2.05, 4.69) is 15.6 Å². The second-order valence-electron chi connectivity index (χ2n) is 5.03. The fraction of sp³-hybridized carbons (Fsp3) is 0.538. The minimum atomic E-state index is -0.00574. The second kappa shape index (κ2) is 4.20. The van der Waals surface area contributed by atoms with Crippen LogP contribution in [0.3, 0.4) is 0 Å². The molecule has 0 bridgehead atoms. The number of hydrogen-bond acceptors (Lipinski definition) is 4. The SMILES string of the molecule is O=C(c1cccnc1)C1NCC12CCNCC2. The molecule has 0 aromatic carbocycles. The highest BCUT2D eigenvalue weighted by Gasteiger charge is 2.50. The standard InChI is InChI=1S/C13H17N3O/c17-11(10-2-1-5-15-8-10)12-13(9-16-12)3-6-14-7-4-13/h1-2,5,8,12,14,16H,3-4,6-7,9H2. The molecular weight excluding hydrogens is 214 g/mol. The van der Waals surface area contributed by atoms with Crippen molar-refractivity contribution >= 4 is 5.78 Å². The van der Waals surface area contributed by atoms with E-state index in [9.17, 15) is 4.79 Å². The van der Waals surface area contributed by atoms with Gasteiger partial charge < -0.3 is 10.6 Å². The first-order valence-electron chi connectivity index (χ1n) is 6.20. The first-order valence-corrected chi connectivity index (χ1v) is 6.20. The third-order valence-corrected chi connectivity index (χ3v) is 4.08. The largest absolute Gasteiger partial charge is 0.317 e. The Balaban J connectivity index is 1.79. The van der Waals surface area contributed by atoms with Gasteiger partial charge in [0.2, 0.25) is 0 Å². The number of aromatic nitrogens is 1. The maximum absolute atomic E-state index is 12.4. The zero-order valence-electron chi connectivity index (χ0n) is 9.78. The molecule has 0 aliphatic carbocycles. The summed E-state index contributed by atoms with van der Waals surface area (Å²) in [4.78, 5) is 16.4. The summed E-state index contributed by atoms with van der Waals surface area (Å²) in [5.74, 6) is 0.200. The Hall–Kier alpha value is -1.26. The van der Waals surface area contributed by atoms with Gasteiger partial charge in [-0.1, -0.05) is 0 Å². The number of nitrogens with zero attached hydrogens (tertiary/aromatic N) is 1. The van der Waals surface area contributed by atoms with Crippen LogP contribution in [0, 0.1) is 5.41 Å². The van der Waals surface area contributed by atoms with E-state index in [1.165, 1.54) is 0 Å². The Kier molecular flexibility index (Phi) is 2.68. The van der Waals surface area contributed by atoms with E-state index in [0.717, 1.165) is 38.0 Å². The average molecular weight is 231 g/mol. The molecule has 2 fully saturated rings. The number of piperidine rings is 1. The van der Waals surface area contributed by atoms with Gasteiger partial charge in [-0.05, 0) is 38.1 Å². The van der Waals surface area contributed by atoms with Crippen molar-refractivity contribution in [2.45, 2.75) is 18.9 Å². The fourth-order valence-electron chi connectivity index (χ4n) is 2.93. The molecule has 90 valence electrons. The van der Waals surface area contributed by atoms with E-state index < -0.39 is 0 Å². The Morgan fingerprint density at radius 1 is 1.41 bits per heavy atom. The number of carbonyl (C=O) groups excluding carboxylic acids is 1. The van der Waals surface area contributed by atoms with Crippen molar-refractivity contribution in [3.8, 4) is 0 Å². The van der Waals surface area contributed by atoms with E-state index >= 15 is 0 Å². The topological polar surface area (TPSA) is 54.0 Å². The minimum Gasteiger partial charge on any atom is -0.317 e. The van der Waals surface area contributed by atoms with Crippen molar-refractivity contribution in [2.75, 3.05) is 19.6 Å². The minimum absolute atomic E-state index is 0.00574. The van der Waals surface area contributed by atoms with Crippen molar-refractivity contribution < 1.29 is 4.79 Å². The van der Waals surface area contributed by atoms with Gasteiger partial charge in [0.15, 0.2) is 5.78 Å². The van der Waals surface area contributed by atoms with Crippen LogP contribution in [-0.4, -0.2) is 36.4 Å². The van der Waals surface area contributed by atoms with E-state index in [1.54, 1.807) is 12.4 Å². The quantitative estimate of drug-likeness (QED) is 0.732. The van der Waals surface area contributed by atoms with E-state index in [-0.39, 0.29) is 17.2 Å². The molecule has 3 heterocycles. The molecule has 2 aliphatic rings. The van der Waals surface area contributed by atoms with Crippen molar-refractivity contribution in [3.63, 3.8) is 0 Å². The molecule has 1 atom stereocenters. The van der Waals surface area contributed by atoms with Gasteiger partial charge in [0.25, 0.3) is 0 Å². The maximum Gasteiger partial charge on any atom is 0.181 e. The number of nitrogens with one attached hydrogen (secondary N) is 2. The molecule has 17 heavy (non-hydrogen) atoms. The van der Waals surface area contributed by atoms with Crippen LogP contribution in [0.2, 0.25) is 0 Å². The third kappa shape index (κ3) is 1.77. The summed E-state index contributed by atoms with van der Waals surface area (Å²) in [5.41, 5.74) is 0.917. The predicted octanol–water partition coefficient (Wildman–Crippen LogP) is 0.606. The van der Waals surface area contributed by atoms with Gasteiger partial charge >= 0.3 is 0 Å². The lowest BCUT2D eigenvalue weighted by molar-refractivity contribution is 0.0371. The van der Waals surface area contributed by atoms with E-state index in [1.807, 2.05) is 12.1 Å². The van der Waals surface area contributed by atoms with Crippen LogP contribution in [-0.2, 0) is 0 Å². The summed E-state index contributed by atoms with van der Waals surface area (Å²) in [7, 11) is 0. The lowest BCUT2D eigenvalue weighted by Gasteiger charge is -2.52. The van der Waals surface area contributed by atoms with Crippen LogP contribution >= 0.6 is 0 Å². The zero-order valence-corrected chi connectivity index (χ0v) is 9.78. The molecule has 1 aromatic heterocycles. The molecule has 1 spiro atoms. The Morgan fingerprint density at radius 2 is 2.24 bits per heavy atom. The highest BCUT2D eigenvalue weighted by molar-refractivity contribution is 6.01. The molecule has 1 unspecified atom stereocenters. The average Bonchev–Trinajstić information content (AvgIpc) is 2.39. The number of carbonyl (C=O) groups is 1. The molecular formula is C13H17N3O. The smallest absolute Gasteiger partial charge is 0.181 e. The third-order valence-electron chi connectivity index (χ3n) is 4.08. The van der Waals surface area contributed by atoms with Crippen molar-refractivity contribution in [1.29, 1.82) is 0 Å². The predicted molar refractivity (Wildman–Crippen MR) is 64.9 cm³/mol. The summed E-state index contributed by atoms with van der Waals surface area (Å²) in [6.45, 7) is 3.03. The highest BCUT2D eigenvalue weighted by atomic mass is 16.1. The van der Waals surface area contributed by atoms with Crippen LogP contribution in [0.25, 0.3) is 0 Å². The first-order chi connectivity index (χ1) is 8.32. The number of ketones is 1. The Labute approximate surface area is 101 Å². The Bertz CT molecular complexity index is 412. The van der Waals surface area contributed by atoms with Gasteiger partial charge in [0.1, 0.15) is 0 Å². The molecule has 4 heteroatoms. The van der Waals surface area contributed by atoms with Gasteiger partial charge in [0, 0.05) is 29.9 Å². The molecule has 0 radical (unpaired) electrons. The van der Waals surface area contributed by atoms with E-state index in [0.29, 0.717) is 0 Å². The molecule has 2 saturated heterocycles. The zero-order chi connectivity index (χ0) is 11.7. The number of rotatable bonds is 2. The van der Waals surface area contributed by atoms with Gasteiger partial charge in [-0.15, -0.1) is 0 Å². The van der Waals surface area contributed by atoms with E-state index in [4.69, 9.17) is 0 Å². The van der Waals surface area contributed by atoms with Crippen LogP contribution in [0.5, 0.6) is 0 Å². The van der Waals surface area contributed by atoms with Crippen LogP contribution in [0.4, 0.5) is 0 Å². The first kappa shape index (κ1) is 10.9. The van der Waals surface area contributed by atoms with Gasteiger partial charge in [-0.25, -0.2) is 0 Å². The second-order valence-corrected chi connectivity index (χ2v) is 5.03. The van der Waals surface area contributed by atoms with Crippen molar-refractivity contribution in [1.82, 2.24) is 15.6 Å². The molecule has 0 amide bonds. The summed E-state index contributed by atoms with van der Waals surface area (Å²) in [6.07, 6.45) is 5.55. The fourth-order valence-corrected chi connectivity index (χ4v) is 2.93. The van der Waals surface area contributed by atoms with Crippen LogP contribution in [0.1, 0.15) is 23.2 Å². The lowest BCUT2D eigenvalue weighted by Crippen LogP contribution is -2.68. The number of pyridine rings is 1. The molecule has 1 aromatic rings. The van der Waals surface area contributed by atoms with Crippen molar-refractivity contribution in [2.24, 2.45) is 5.41 Å². The summed E-state index contributed by atoms with van der Waals surface area (Å²) >= 11 is 0. The molecule has 3 rings (SSSR count). The maximum atomic E-state index is 12.4. The molecule has 0 saturated carbocycles. The lowest BCUT2D eigenvalue weighted by atomic mass is 9.65. The van der Waals surface area contributed by atoms with Gasteiger partial charge in [0.05, 0.1) is 6.04 Å². The monoisotopic (exact) mass is 231 g/mol. The highest BCUT2D eigenvalue weighted by Crippen LogP contribution is 2.39. The summed E-state index contributed by atoms with van der Waals surface area (Å²) < 4.78 is 0. The van der Waals surface area contributed by atoms with Crippen LogP contribution < -0.4 is 10.6 Å². The number of Topliss-reactive ketones (excluding diaryl/α,β-unsaturated/α-hetero) is 1. The number of hydrogen-bond donors (Lipinski definition) is 2. The summed E-state index contributed by atoms with van der Waals surface area (Å²) in [6, 6.07) is 3.67. The van der Waals surface area contributed by atoms with Crippen LogP contribution in [0.15, 0.2) is 24.5 Å². The summed E-state index contributed by atoms with van der Waals surface area (Å²) in [5, 5.41) is 6.66. The normalized spacial score (nSPS) is 26.5.